The molecule has 0 aliphatic heterocycles. The number of halogens is 1. The van der Waals surface area contributed by atoms with E-state index in [1.807, 2.05) is 63.2 Å². The van der Waals surface area contributed by atoms with Gasteiger partial charge in [-0.25, -0.2) is 12.8 Å². The van der Waals surface area contributed by atoms with Gasteiger partial charge in [0.2, 0.25) is 11.8 Å². The van der Waals surface area contributed by atoms with Crippen molar-refractivity contribution in [2.75, 3.05) is 10.8 Å². The number of carbonyl (C=O) groups excluding carboxylic acids is 2. The lowest BCUT2D eigenvalue weighted by Gasteiger charge is -2.34. The van der Waals surface area contributed by atoms with Crippen molar-refractivity contribution >= 4 is 27.5 Å². The number of benzene rings is 4. The Hall–Kier alpha value is -4.50. The number of hydrogen-bond donors (Lipinski definition) is 1. The lowest BCUT2D eigenvalue weighted by atomic mass is 10.0. The quantitative estimate of drug-likeness (QED) is 0.208. The number of anilines is 1. The molecule has 1 N–H and O–H groups in total. The zero-order valence-corrected chi connectivity index (χ0v) is 26.0. The van der Waals surface area contributed by atoms with Crippen LogP contribution in [-0.4, -0.2) is 43.8 Å². The molecule has 2 amide bonds. The summed E-state index contributed by atoms with van der Waals surface area (Å²) >= 11 is 0. The average Bonchev–Trinajstić information content (AvgIpc) is 3.02. The molecule has 0 heterocycles. The Bertz CT molecular complexity index is 1650. The molecule has 4 aromatic rings. The van der Waals surface area contributed by atoms with Gasteiger partial charge in [-0.05, 0) is 67.3 Å². The van der Waals surface area contributed by atoms with Crippen molar-refractivity contribution in [3.8, 4) is 0 Å². The van der Waals surface area contributed by atoms with Gasteiger partial charge in [0.25, 0.3) is 10.0 Å². The normalized spacial score (nSPS) is 12.0. The van der Waals surface area contributed by atoms with E-state index in [-0.39, 0.29) is 29.8 Å². The Morgan fingerprint density at radius 3 is 2.00 bits per heavy atom. The highest BCUT2D eigenvalue weighted by Crippen LogP contribution is 2.28. The SMILES string of the molecule is CCc1ccccc1N(CC(=O)N(Cc1ccc(F)cc1)[C@H](Cc1ccccc1)C(=O)NC(C)C)S(=O)(=O)c1ccccc1. The fourth-order valence-corrected chi connectivity index (χ4v) is 6.48. The minimum Gasteiger partial charge on any atom is -0.352 e. The van der Waals surface area contributed by atoms with Gasteiger partial charge in [0, 0.05) is 19.0 Å². The van der Waals surface area contributed by atoms with Crippen molar-refractivity contribution in [3.63, 3.8) is 0 Å². The van der Waals surface area contributed by atoms with E-state index in [0.717, 1.165) is 15.4 Å². The van der Waals surface area contributed by atoms with Crippen molar-refractivity contribution in [2.45, 2.75) is 57.1 Å². The molecule has 44 heavy (non-hydrogen) atoms. The first-order valence-electron chi connectivity index (χ1n) is 14.6. The van der Waals surface area contributed by atoms with Gasteiger partial charge < -0.3 is 10.2 Å². The zero-order chi connectivity index (χ0) is 31.7. The first-order valence-corrected chi connectivity index (χ1v) is 16.1. The van der Waals surface area contributed by atoms with Crippen LogP contribution in [0.25, 0.3) is 0 Å². The Kier molecular flexibility index (Phi) is 10.9. The second-order valence-corrected chi connectivity index (χ2v) is 12.7. The van der Waals surface area contributed by atoms with Crippen LogP contribution in [0.4, 0.5) is 10.1 Å². The maximum Gasteiger partial charge on any atom is 0.264 e. The third-order valence-corrected chi connectivity index (χ3v) is 8.99. The summed E-state index contributed by atoms with van der Waals surface area (Å²) in [6.45, 7) is 5.01. The summed E-state index contributed by atoms with van der Waals surface area (Å²) < 4.78 is 43.2. The van der Waals surface area contributed by atoms with Gasteiger partial charge in [-0.2, -0.15) is 0 Å². The summed E-state index contributed by atoms with van der Waals surface area (Å²) in [6.07, 6.45) is 0.737. The van der Waals surface area contributed by atoms with Crippen molar-refractivity contribution in [3.05, 3.63) is 132 Å². The summed E-state index contributed by atoms with van der Waals surface area (Å²) in [5.74, 6) is -1.37. The van der Waals surface area contributed by atoms with Crippen LogP contribution >= 0.6 is 0 Å². The second-order valence-electron chi connectivity index (χ2n) is 10.8. The molecule has 0 spiro atoms. The van der Waals surface area contributed by atoms with E-state index in [4.69, 9.17) is 0 Å². The molecular formula is C35H38FN3O4S. The first kappa shape index (κ1) is 32.4. The van der Waals surface area contributed by atoms with Crippen molar-refractivity contribution in [1.82, 2.24) is 10.2 Å². The zero-order valence-electron chi connectivity index (χ0n) is 25.2. The molecule has 0 aliphatic rings. The molecule has 0 fully saturated rings. The summed E-state index contributed by atoms with van der Waals surface area (Å²) in [5.41, 5.74) is 2.57. The molecule has 7 nitrogen and oxygen atoms in total. The molecule has 0 aliphatic carbocycles. The molecule has 0 saturated carbocycles. The maximum atomic E-state index is 14.5. The molecule has 1 atom stereocenters. The summed E-state index contributed by atoms with van der Waals surface area (Å²) in [7, 11) is -4.18. The Labute approximate surface area is 259 Å². The van der Waals surface area contributed by atoms with Gasteiger partial charge in [-0.1, -0.05) is 85.8 Å². The predicted octanol–water partition coefficient (Wildman–Crippen LogP) is 5.75. The number of amides is 2. The van der Waals surface area contributed by atoms with Crippen LogP contribution in [0, 0.1) is 5.82 Å². The van der Waals surface area contributed by atoms with E-state index in [0.29, 0.717) is 17.7 Å². The summed E-state index contributed by atoms with van der Waals surface area (Å²) in [6, 6.07) is 28.9. The monoisotopic (exact) mass is 615 g/mol. The van der Waals surface area contributed by atoms with Gasteiger partial charge in [-0.3, -0.25) is 13.9 Å². The van der Waals surface area contributed by atoms with E-state index in [1.54, 1.807) is 42.5 Å². The highest BCUT2D eigenvalue weighted by Gasteiger charge is 2.35. The molecule has 0 bridgehead atoms. The predicted molar refractivity (Wildman–Crippen MR) is 171 cm³/mol. The number of rotatable bonds is 13. The molecular weight excluding hydrogens is 577 g/mol. The molecule has 0 saturated heterocycles. The van der Waals surface area contributed by atoms with Crippen LogP contribution in [0.1, 0.15) is 37.5 Å². The fraction of sp³-hybridized carbons (Fsp3) is 0.257. The van der Waals surface area contributed by atoms with Crippen molar-refractivity contribution < 1.29 is 22.4 Å². The van der Waals surface area contributed by atoms with Crippen molar-refractivity contribution in [1.29, 1.82) is 0 Å². The van der Waals surface area contributed by atoms with E-state index in [2.05, 4.69) is 5.32 Å². The summed E-state index contributed by atoms with van der Waals surface area (Å²) in [5, 5.41) is 2.93. The largest absolute Gasteiger partial charge is 0.352 e. The molecule has 0 unspecified atom stereocenters. The van der Waals surface area contributed by atoms with Gasteiger partial charge in [0.05, 0.1) is 10.6 Å². The number of sulfonamides is 1. The molecule has 4 aromatic carbocycles. The lowest BCUT2D eigenvalue weighted by Crippen LogP contribution is -2.54. The van der Waals surface area contributed by atoms with Crippen LogP contribution in [0.15, 0.2) is 114 Å². The van der Waals surface area contributed by atoms with Crippen LogP contribution in [0.3, 0.4) is 0 Å². The lowest BCUT2D eigenvalue weighted by molar-refractivity contribution is -0.140. The Morgan fingerprint density at radius 2 is 1.39 bits per heavy atom. The highest BCUT2D eigenvalue weighted by atomic mass is 32.2. The number of para-hydroxylation sites is 1. The summed E-state index contributed by atoms with van der Waals surface area (Å²) in [4.78, 5) is 29.6. The minimum absolute atomic E-state index is 0.0310. The average molecular weight is 616 g/mol. The fourth-order valence-electron chi connectivity index (χ4n) is 5.01. The molecule has 230 valence electrons. The molecule has 9 heteroatoms. The highest BCUT2D eigenvalue weighted by molar-refractivity contribution is 7.92. The van der Waals surface area contributed by atoms with Gasteiger partial charge >= 0.3 is 0 Å². The Morgan fingerprint density at radius 1 is 0.795 bits per heavy atom. The van der Waals surface area contributed by atoms with Crippen molar-refractivity contribution in [2.24, 2.45) is 0 Å². The van der Waals surface area contributed by atoms with Gasteiger partial charge in [-0.15, -0.1) is 0 Å². The van der Waals surface area contributed by atoms with Crippen LogP contribution in [-0.2, 0) is 39.0 Å². The number of carbonyl (C=O) groups is 2. The smallest absolute Gasteiger partial charge is 0.264 e. The molecule has 0 aromatic heterocycles. The Balaban J connectivity index is 1.82. The minimum atomic E-state index is -4.18. The van der Waals surface area contributed by atoms with E-state index in [1.165, 1.54) is 29.2 Å². The number of hydrogen-bond acceptors (Lipinski definition) is 4. The first-order chi connectivity index (χ1) is 21.1. The number of nitrogens with one attached hydrogen (secondary N) is 1. The van der Waals surface area contributed by atoms with Crippen LogP contribution in [0.5, 0.6) is 0 Å². The van der Waals surface area contributed by atoms with E-state index < -0.39 is 34.3 Å². The number of aryl methyl sites for hydroxylation is 1. The van der Waals surface area contributed by atoms with E-state index in [9.17, 15) is 22.4 Å². The number of nitrogens with zero attached hydrogens (tertiary/aromatic N) is 2. The maximum absolute atomic E-state index is 14.5. The standard InChI is InChI=1S/C35H38FN3O4S/c1-4-29-15-11-12-18-32(29)39(44(42,43)31-16-9-6-10-17-31)25-34(40)38(24-28-19-21-30(36)22-20-28)33(35(41)37-26(2)3)23-27-13-7-5-8-14-27/h5-22,26,33H,4,23-25H2,1-3H3,(H,37,41)/t33-/m1/s1. The third kappa shape index (κ3) is 8.11. The molecule has 4 rings (SSSR count). The molecule has 0 radical (unpaired) electrons. The second kappa shape index (κ2) is 14.8. The van der Waals surface area contributed by atoms with Gasteiger partial charge in [0.15, 0.2) is 0 Å². The topological polar surface area (TPSA) is 86.8 Å². The van der Waals surface area contributed by atoms with Gasteiger partial charge in [0.1, 0.15) is 18.4 Å². The van der Waals surface area contributed by atoms with Crippen LogP contribution < -0.4 is 9.62 Å². The van der Waals surface area contributed by atoms with Crippen LogP contribution in [0.2, 0.25) is 0 Å². The third-order valence-electron chi connectivity index (χ3n) is 7.22. The van der Waals surface area contributed by atoms with E-state index >= 15 is 0 Å².